The molecule has 0 aliphatic carbocycles. The molecule has 3 rings (SSSR count). The Hall–Kier alpha value is -2.08. The van der Waals surface area contributed by atoms with Crippen molar-refractivity contribution in [2.45, 2.75) is 18.7 Å². The fraction of sp³-hybridized carbons (Fsp3) is 0.353. The first kappa shape index (κ1) is 20.6. The van der Waals surface area contributed by atoms with Gasteiger partial charge in [0.2, 0.25) is 0 Å². The summed E-state index contributed by atoms with van der Waals surface area (Å²) in [5.74, 6) is -1.22. The number of aliphatic hydroxyl groups excluding tert-OH is 1. The number of nitrogens with zero attached hydrogens (tertiary/aromatic N) is 3. The maximum absolute atomic E-state index is 13.8. The molecule has 0 aliphatic rings. The summed E-state index contributed by atoms with van der Waals surface area (Å²) in [6.45, 7) is 3.09. The monoisotopic (exact) mass is 427 g/mol. The van der Waals surface area contributed by atoms with Crippen LogP contribution in [-0.4, -0.2) is 44.8 Å². The average molecular weight is 428 g/mol. The summed E-state index contributed by atoms with van der Waals surface area (Å²) >= 11 is 2.04. The van der Waals surface area contributed by atoms with Crippen LogP contribution in [-0.2, 0) is 5.75 Å². The third-order valence-electron chi connectivity index (χ3n) is 3.84. The normalized spacial score (nSPS) is 12.4. The Kier molecular flexibility index (Phi) is 6.94. The number of thiazole rings is 1. The summed E-state index contributed by atoms with van der Waals surface area (Å²) in [6, 6.07) is 3.97. The predicted octanol–water partition coefficient (Wildman–Crippen LogP) is 2.21. The number of hydrogen-bond donors (Lipinski definition) is 3. The zero-order valence-corrected chi connectivity index (χ0v) is 16.6. The Labute approximate surface area is 168 Å². The van der Waals surface area contributed by atoms with Crippen LogP contribution in [0.4, 0.5) is 14.6 Å². The summed E-state index contributed by atoms with van der Waals surface area (Å²) < 4.78 is 29.2. The van der Waals surface area contributed by atoms with E-state index in [1.807, 2.05) is 6.92 Å². The van der Waals surface area contributed by atoms with Gasteiger partial charge >= 0.3 is 4.87 Å². The van der Waals surface area contributed by atoms with E-state index in [1.165, 1.54) is 22.4 Å². The lowest BCUT2D eigenvalue weighted by Crippen LogP contribution is -2.32. The molecule has 150 valence electrons. The van der Waals surface area contributed by atoms with E-state index >= 15 is 0 Å². The van der Waals surface area contributed by atoms with Crippen LogP contribution in [0.2, 0.25) is 0 Å². The van der Waals surface area contributed by atoms with Crippen LogP contribution in [0.25, 0.3) is 10.3 Å². The Bertz CT molecular complexity index is 1010. The van der Waals surface area contributed by atoms with E-state index in [9.17, 15) is 13.6 Å². The van der Waals surface area contributed by atoms with E-state index in [0.717, 1.165) is 29.4 Å². The minimum Gasteiger partial charge on any atom is -0.395 e. The number of aromatic nitrogens is 3. The van der Waals surface area contributed by atoms with Crippen molar-refractivity contribution >= 4 is 39.4 Å². The largest absolute Gasteiger partial charge is 0.395 e. The number of halogens is 2. The number of anilines is 1. The minimum atomic E-state index is -0.918. The molecule has 0 aliphatic heterocycles. The first-order valence-electron chi connectivity index (χ1n) is 8.52. The van der Waals surface area contributed by atoms with Gasteiger partial charge in [-0.15, -0.1) is 0 Å². The highest BCUT2D eigenvalue weighted by molar-refractivity contribution is 7.97. The van der Waals surface area contributed by atoms with Gasteiger partial charge in [-0.2, -0.15) is 0 Å². The first-order valence-corrected chi connectivity index (χ1v) is 10.3. The Balaban J connectivity index is 1.80. The Morgan fingerprint density at radius 2 is 2.18 bits per heavy atom. The first-order chi connectivity index (χ1) is 13.5. The Morgan fingerprint density at radius 1 is 1.36 bits per heavy atom. The summed E-state index contributed by atoms with van der Waals surface area (Å²) in [4.78, 5) is 20.5. The van der Waals surface area contributed by atoms with Gasteiger partial charge in [0.15, 0.2) is 17.3 Å². The summed E-state index contributed by atoms with van der Waals surface area (Å²) in [7, 11) is 0. The number of rotatable bonds is 9. The minimum absolute atomic E-state index is 0.00402. The molecule has 11 heteroatoms. The highest BCUT2D eigenvalue weighted by atomic mass is 32.2. The van der Waals surface area contributed by atoms with E-state index in [1.54, 1.807) is 0 Å². The van der Waals surface area contributed by atoms with Gasteiger partial charge in [0.05, 0.1) is 6.61 Å². The van der Waals surface area contributed by atoms with E-state index in [2.05, 4.69) is 20.6 Å². The standard InChI is InChI=1S/C17H19F2N5O2S2/c1-10(7-20-5-6-25)23-15-14-16(22-9-21-15)24(17(26)28-14)27-8-11-3-2-4-12(18)13(11)19/h2-4,9-10,20,25H,5-8H2,1H3,(H,21,22,23)/t10-/m1/s1. The number of hydrogen-bond acceptors (Lipinski definition) is 8. The topological polar surface area (TPSA) is 92.1 Å². The zero-order valence-electron chi connectivity index (χ0n) is 15.0. The smallest absolute Gasteiger partial charge is 0.319 e. The van der Waals surface area contributed by atoms with Crippen LogP contribution >= 0.6 is 23.3 Å². The Morgan fingerprint density at radius 3 is 2.96 bits per heavy atom. The van der Waals surface area contributed by atoms with E-state index in [4.69, 9.17) is 5.11 Å². The van der Waals surface area contributed by atoms with Gasteiger partial charge in [-0.3, -0.25) is 4.79 Å². The molecule has 0 bridgehead atoms. The second-order valence-electron chi connectivity index (χ2n) is 6.00. The van der Waals surface area contributed by atoms with Crippen LogP contribution < -0.4 is 15.5 Å². The van der Waals surface area contributed by atoms with Crippen LogP contribution in [0, 0.1) is 11.6 Å². The number of benzene rings is 1. The number of nitrogens with one attached hydrogen (secondary N) is 2. The van der Waals surface area contributed by atoms with E-state index in [0.29, 0.717) is 29.3 Å². The molecular formula is C17H19F2N5O2S2. The molecule has 3 aromatic rings. The van der Waals surface area contributed by atoms with Gasteiger partial charge in [-0.05, 0) is 24.9 Å². The van der Waals surface area contributed by atoms with Gasteiger partial charge < -0.3 is 15.7 Å². The molecule has 2 heterocycles. The molecule has 0 saturated heterocycles. The van der Waals surface area contributed by atoms with Gasteiger partial charge in [0, 0.05) is 30.4 Å². The fourth-order valence-electron chi connectivity index (χ4n) is 2.51. The number of fused-ring (bicyclic) bond motifs is 1. The van der Waals surface area contributed by atoms with Gasteiger partial charge in [0.1, 0.15) is 16.8 Å². The quantitative estimate of drug-likeness (QED) is 0.451. The molecule has 0 radical (unpaired) electrons. The third kappa shape index (κ3) is 4.66. The van der Waals surface area contributed by atoms with Crippen LogP contribution in [0.1, 0.15) is 12.5 Å². The second kappa shape index (κ2) is 9.41. The average Bonchev–Trinajstić information content (AvgIpc) is 2.99. The lowest BCUT2D eigenvalue weighted by atomic mass is 10.2. The van der Waals surface area contributed by atoms with Crippen LogP contribution in [0.15, 0.2) is 29.3 Å². The van der Waals surface area contributed by atoms with Crippen molar-refractivity contribution in [2.75, 3.05) is 25.0 Å². The van der Waals surface area contributed by atoms with Gasteiger partial charge in [-0.1, -0.05) is 23.5 Å². The summed E-state index contributed by atoms with van der Waals surface area (Å²) in [5.41, 5.74) is 0.595. The molecule has 0 amide bonds. The molecule has 1 aromatic carbocycles. The zero-order chi connectivity index (χ0) is 20.1. The molecule has 0 fully saturated rings. The van der Waals surface area contributed by atoms with Crippen molar-refractivity contribution in [3.05, 3.63) is 51.4 Å². The van der Waals surface area contributed by atoms with Gasteiger partial charge in [0.25, 0.3) is 0 Å². The molecule has 3 N–H and O–H groups in total. The predicted molar refractivity (Wildman–Crippen MR) is 108 cm³/mol. The summed E-state index contributed by atoms with van der Waals surface area (Å²) in [5, 5.41) is 15.1. The molecule has 0 saturated carbocycles. The molecule has 0 unspecified atom stereocenters. The van der Waals surface area contributed by atoms with Crippen molar-refractivity contribution in [2.24, 2.45) is 0 Å². The maximum atomic E-state index is 13.8. The highest BCUT2D eigenvalue weighted by Gasteiger charge is 2.16. The van der Waals surface area contributed by atoms with Crippen molar-refractivity contribution in [1.29, 1.82) is 0 Å². The molecule has 1 atom stereocenters. The second-order valence-corrected chi connectivity index (χ2v) is 7.87. The van der Waals surface area contributed by atoms with Crippen molar-refractivity contribution < 1.29 is 13.9 Å². The third-order valence-corrected chi connectivity index (χ3v) is 5.93. The van der Waals surface area contributed by atoms with Crippen molar-refractivity contribution in [3.63, 3.8) is 0 Å². The maximum Gasteiger partial charge on any atom is 0.319 e. The van der Waals surface area contributed by atoms with E-state index in [-0.39, 0.29) is 28.8 Å². The van der Waals surface area contributed by atoms with Crippen molar-refractivity contribution in [3.8, 4) is 0 Å². The number of aliphatic hydroxyl groups is 1. The highest BCUT2D eigenvalue weighted by Crippen LogP contribution is 2.27. The summed E-state index contributed by atoms with van der Waals surface area (Å²) in [6.07, 6.45) is 1.35. The van der Waals surface area contributed by atoms with Gasteiger partial charge in [-0.25, -0.2) is 22.7 Å². The lowest BCUT2D eigenvalue weighted by molar-refractivity contribution is 0.292. The fourth-order valence-corrected chi connectivity index (χ4v) is 4.48. The molecule has 0 spiro atoms. The van der Waals surface area contributed by atoms with Crippen molar-refractivity contribution in [1.82, 2.24) is 19.3 Å². The molecule has 2 aromatic heterocycles. The van der Waals surface area contributed by atoms with Crippen LogP contribution in [0.3, 0.4) is 0 Å². The van der Waals surface area contributed by atoms with Crippen LogP contribution in [0.5, 0.6) is 0 Å². The molecule has 28 heavy (non-hydrogen) atoms. The molecule has 7 nitrogen and oxygen atoms in total. The molecular weight excluding hydrogens is 408 g/mol. The lowest BCUT2D eigenvalue weighted by Gasteiger charge is -2.15. The van der Waals surface area contributed by atoms with E-state index < -0.39 is 11.6 Å². The SMILES string of the molecule is C[C@H](CNCCO)Nc1ncnc2c1sc(=O)n2SCc1cccc(F)c1F.